The summed E-state index contributed by atoms with van der Waals surface area (Å²) in [6.07, 6.45) is -2.33. The van der Waals surface area contributed by atoms with Gasteiger partial charge in [-0.3, -0.25) is 0 Å². The maximum absolute atomic E-state index is 12.4. The molecule has 1 aromatic rings. The maximum atomic E-state index is 12.4. The molecule has 1 aliphatic carbocycles. The molecule has 32 heavy (non-hydrogen) atoms. The van der Waals surface area contributed by atoms with Crippen LogP contribution < -0.4 is 4.74 Å². The van der Waals surface area contributed by atoms with Crippen molar-refractivity contribution < 1.29 is 42.1 Å². The second-order valence-corrected chi connectivity index (χ2v) is 7.75. The highest BCUT2D eigenvalue weighted by Gasteiger charge is 2.31. The Labute approximate surface area is 185 Å². The van der Waals surface area contributed by atoms with Crippen molar-refractivity contribution in [1.29, 1.82) is 0 Å². The summed E-state index contributed by atoms with van der Waals surface area (Å²) < 4.78 is 52.4. The van der Waals surface area contributed by atoms with Gasteiger partial charge in [0, 0.05) is 19.6 Å². The van der Waals surface area contributed by atoms with Crippen LogP contribution in [0.3, 0.4) is 0 Å². The standard InChI is InChI=1S/C22H30F3NO6/c1-2-30-19(20(27)28)13-16-7-9-18(10-8-16)31-12-11-26(14-17-5-3-4-6-17)21(29)32-15-22(23,24)25/h7-10,17,19H,2-6,11-15H2,1H3,(H,27,28). The highest BCUT2D eigenvalue weighted by molar-refractivity contribution is 5.72. The second kappa shape index (κ2) is 12.5. The minimum atomic E-state index is -4.57. The number of halogens is 3. The van der Waals surface area contributed by atoms with Gasteiger partial charge in [-0.2, -0.15) is 13.2 Å². The van der Waals surface area contributed by atoms with E-state index in [1.807, 2.05) is 0 Å². The van der Waals surface area contributed by atoms with Gasteiger partial charge in [-0.05, 0) is 43.4 Å². The summed E-state index contributed by atoms with van der Waals surface area (Å²) >= 11 is 0. The van der Waals surface area contributed by atoms with Crippen LogP contribution in [0.2, 0.25) is 0 Å². The van der Waals surface area contributed by atoms with Gasteiger partial charge in [-0.1, -0.05) is 25.0 Å². The van der Waals surface area contributed by atoms with Gasteiger partial charge >= 0.3 is 18.2 Å². The summed E-state index contributed by atoms with van der Waals surface area (Å²) in [5.74, 6) is -0.284. The quantitative estimate of drug-likeness (QED) is 0.500. The normalized spacial score (nSPS) is 15.4. The van der Waals surface area contributed by atoms with E-state index in [1.165, 1.54) is 4.90 Å². The number of benzene rings is 1. The minimum absolute atomic E-state index is 0.0872. The van der Waals surface area contributed by atoms with Gasteiger partial charge in [0.2, 0.25) is 0 Å². The van der Waals surface area contributed by atoms with E-state index in [9.17, 15) is 22.8 Å². The summed E-state index contributed by atoms with van der Waals surface area (Å²) in [4.78, 5) is 24.6. The number of carboxylic acids is 1. The zero-order valence-corrected chi connectivity index (χ0v) is 18.1. The highest BCUT2D eigenvalue weighted by atomic mass is 19.4. The Hall–Kier alpha value is -2.49. The van der Waals surface area contributed by atoms with E-state index in [4.69, 9.17) is 14.6 Å². The van der Waals surface area contributed by atoms with Crippen LogP contribution in [0, 0.1) is 5.92 Å². The Morgan fingerprint density at radius 2 is 1.84 bits per heavy atom. The number of aliphatic carboxylic acids is 1. The van der Waals surface area contributed by atoms with E-state index < -0.39 is 30.9 Å². The van der Waals surface area contributed by atoms with Crippen molar-refractivity contribution >= 4 is 12.1 Å². The van der Waals surface area contributed by atoms with Crippen LogP contribution in [0.5, 0.6) is 5.75 Å². The molecule has 1 fully saturated rings. The maximum Gasteiger partial charge on any atom is 0.422 e. The topological polar surface area (TPSA) is 85.3 Å². The fourth-order valence-electron chi connectivity index (χ4n) is 3.62. The van der Waals surface area contributed by atoms with Gasteiger partial charge in [0.1, 0.15) is 12.4 Å². The fourth-order valence-corrected chi connectivity index (χ4v) is 3.62. The van der Waals surface area contributed by atoms with Gasteiger partial charge in [0.05, 0.1) is 6.54 Å². The summed E-state index contributed by atoms with van der Waals surface area (Å²) in [7, 11) is 0. The molecule has 10 heteroatoms. The van der Waals surface area contributed by atoms with Gasteiger partial charge in [-0.15, -0.1) is 0 Å². The second-order valence-electron chi connectivity index (χ2n) is 7.75. The molecule has 7 nitrogen and oxygen atoms in total. The summed E-state index contributed by atoms with van der Waals surface area (Å²) in [5.41, 5.74) is 0.761. The van der Waals surface area contributed by atoms with Crippen LogP contribution in [-0.4, -0.2) is 67.3 Å². The monoisotopic (exact) mass is 461 g/mol. The number of alkyl halides is 3. The molecule has 0 spiro atoms. The number of amides is 1. The molecule has 0 heterocycles. The molecule has 180 valence electrons. The minimum Gasteiger partial charge on any atom is -0.492 e. The largest absolute Gasteiger partial charge is 0.492 e. The molecule has 1 atom stereocenters. The number of carbonyl (C=O) groups excluding carboxylic acids is 1. The lowest BCUT2D eigenvalue weighted by atomic mass is 10.1. The first-order valence-corrected chi connectivity index (χ1v) is 10.7. The predicted molar refractivity (Wildman–Crippen MR) is 110 cm³/mol. The average Bonchev–Trinajstić information content (AvgIpc) is 3.24. The third-order valence-corrected chi connectivity index (χ3v) is 5.19. The Bertz CT molecular complexity index is 719. The summed E-state index contributed by atoms with van der Waals surface area (Å²) in [6.45, 7) is 0.925. The lowest BCUT2D eigenvalue weighted by Gasteiger charge is -2.25. The van der Waals surface area contributed by atoms with E-state index in [2.05, 4.69) is 4.74 Å². The van der Waals surface area contributed by atoms with Crippen LogP contribution in [0.1, 0.15) is 38.2 Å². The van der Waals surface area contributed by atoms with Crippen molar-refractivity contribution in [2.75, 3.05) is 32.9 Å². The summed E-state index contributed by atoms with van der Waals surface area (Å²) in [5, 5.41) is 9.16. The van der Waals surface area contributed by atoms with Crippen molar-refractivity contribution in [2.45, 2.75) is 51.3 Å². The Kier molecular flexibility index (Phi) is 10.1. The van der Waals surface area contributed by atoms with Crippen molar-refractivity contribution in [2.24, 2.45) is 5.92 Å². The van der Waals surface area contributed by atoms with Crippen LogP contribution in [0.4, 0.5) is 18.0 Å². The van der Waals surface area contributed by atoms with E-state index in [0.717, 1.165) is 31.2 Å². The first-order chi connectivity index (χ1) is 15.2. The van der Waals surface area contributed by atoms with E-state index in [1.54, 1.807) is 31.2 Å². The Morgan fingerprint density at radius 1 is 1.19 bits per heavy atom. The molecule has 0 bridgehead atoms. The number of hydrogen-bond donors (Lipinski definition) is 1. The molecule has 2 rings (SSSR count). The lowest BCUT2D eigenvalue weighted by Crippen LogP contribution is -2.39. The first kappa shape index (κ1) is 25.8. The predicted octanol–water partition coefficient (Wildman–Crippen LogP) is 4.29. The molecular weight excluding hydrogens is 431 g/mol. The third-order valence-electron chi connectivity index (χ3n) is 5.19. The molecule has 0 radical (unpaired) electrons. The van der Waals surface area contributed by atoms with Crippen molar-refractivity contribution in [1.82, 2.24) is 4.90 Å². The molecule has 0 aliphatic heterocycles. The molecule has 0 saturated heterocycles. The molecule has 1 aliphatic rings. The van der Waals surface area contributed by atoms with Gasteiger partial charge < -0.3 is 24.2 Å². The first-order valence-electron chi connectivity index (χ1n) is 10.7. The molecule has 1 aromatic carbocycles. The van der Waals surface area contributed by atoms with E-state index in [-0.39, 0.29) is 25.5 Å². The highest BCUT2D eigenvalue weighted by Crippen LogP contribution is 2.26. The van der Waals surface area contributed by atoms with Gasteiger partial charge in [-0.25, -0.2) is 9.59 Å². The van der Waals surface area contributed by atoms with Crippen LogP contribution in [0.15, 0.2) is 24.3 Å². The lowest BCUT2D eigenvalue weighted by molar-refractivity contribution is -0.162. The Balaban J connectivity index is 1.87. The number of nitrogens with zero attached hydrogens (tertiary/aromatic N) is 1. The zero-order valence-electron chi connectivity index (χ0n) is 18.1. The van der Waals surface area contributed by atoms with Crippen molar-refractivity contribution in [3.63, 3.8) is 0 Å². The fraction of sp³-hybridized carbons (Fsp3) is 0.636. The van der Waals surface area contributed by atoms with Crippen molar-refractivity contribution in [3.8, 4) is 5.75 Å². The SMILES string of the molecule is CCOC(Cc1ccc(OCCN(CC2CCCC2)C(=O)OCC(F)(F)F)cc1)C(=O)O. The molecule has 1 saturated carbocycles. The van der Waals surface area contributed by atoms with Crippen LogP contribution in [0.25, 0.3) is 0 Å². The van der Waals surface area contributed by atoms with E-state index in [0.29, 0.717) is 18.9 Å². The molecule has 1 amide bonds. The van der Waals surface area contributed by atoms with Crippen LogP contribution in [-0.2, 0) is 20.7 Å². The average molecular weight is 461 g/mol. The zero-order chi connectivity index (χ0) is 23.6. The van der Waals surface area contributed by atoms with E-state index >= 15 is 0 Å². The molecule has 1 N–H and O–H groups in total. The molecule has 1 unspecified atom stereocenters. The number of hydrogen-bond acceptors (Lipinski definition) is 5. The number of ether oxygens (including phenoxy) is 3. The number of carbonyl (C=O) groups is 2. The summed E-state index contributed by atoms with van der Waals surface area (Å²) in [6, 6.07) is 6.78. The molecular formula is C22H30F3NO6. The van der Waals surface area contributed by atoms with Gasteiger partial charge in [0.25, 0.3) is 0 Å². The molecule has 0 aromatic heterocycles. The number of rotatable bonds is 12. The third kappa shape index (κ3) is 9.33. The van der Waals surface area contributed by atoms with Crippen LogP contribution >= 0.6 is 0 Å². The number of carboxylic acid groups (broad SMARTS) is 1. The Morgan fingerprint density at radius 3 is 2.41 bits per heavy atom. The van der Waals surface area contributed by atoms with Gasteiger partial charge in [0.15, 0.2) is 12.7 Å². The smallest absolute Gasteiger partial charge is 0.422 e. The van der Waals surface area contributed by atoms with Crippen molar-refractivity contribution in [3.05, 3.63) is 29.8 Å².